The maximum Gasteiger partial charge on any atom is 0.250 e. The van der Waals surface area contributed by atoms with E-state index >= 15 is 0 Å². The number of fused-ring (bicyclic) bond motifs is 6. The molecule has 236 valence electrons. The van der Waals surface area contributed by atoms with Gasteiger partial charge in [0.1, 0.15) is 11.6 Å². The number of H-pyrrole nitrogens is 2. The lowest BCUT2D eigenvalue weighted by Crippen LogP contribution is -2.34. The number of aromatic amines is 2. The van der Waals surface area contributed by atoms with Gasteiger partial charge in [0.25, 0.3) is 11.8 Å². The first-order chi connectivity index (χ1) is 20.4. The van der Waals surface area contributed by atoms with E-state index in [0.29, 0.717) is 43.6 Å². The van der Waals surface area contributed by atoms with E-state index < -0.39 is 34.7 Å². The lowest BCUT2D eigenvalue weighted by molar-refractivity contribution is 0.0103. The Hall–Kier alpha value is -2.80. The van der Waals surface area contributed by atoms with E-state index in [9.17, 15) is 28.6 Å². The first-order valence-corrected chi connectivity index (χ1v) is 16.1. The molecule has 2 amide bonds. The number of primary amides is 2. The third-order valence-electron chi connectivity index (χ3n) is 9.24. The van der Waals surface area contributed by atoms with E-state index in [4.69, 9.17) is 11.5 Å². The van der Waals surface area contributed by atoms with Gasteiger partial charge in [-0.3, -0.25) is 9.59 Å². The van der Waals surface area contributed by atoms with Crippen molar-refractivity contribution in [3.8, 4) is 0 Å². The van der Waals surface area contributed by atoms with Gasteiger partial charge in [-0.2, -0.15) is 0 Å². The lowest BCUT2D eigenvalue weighted by atomic mass is 9.78. The highest BCUT2D eigenvalue weighted by Gasteiger charge is 2.35. The molecule has 0 saturated heterocycles. The van der Waals surface area contributed by atoms with Gasteiger partial charge < -0.3 is 31.6 Å². The molecule has 2 aromatic heterocycles. The number of hydrogen-bond donors (Lipinski definition) is 6. The van der Waals surface area contributed by atoms with E-state index in [1.807, 2.05) is 0 Å². The van der Waals surface area contributed by atoms with Crippen molar-refractivity contribution >= 4 is 65.5 Å². The van der Waals surface area contributed by atoms with E-state index in [2.05, 4.69) is 41.8 Å². The average Bonchev–Trinajstić information content (AvgIpc) is 3.50. The lowest BCUT2D eigenvalue weighted by Gasteiger charge is -2.32. The Labute approximate surface area is 270 Å². The third kappa shape index (κ3) is 5.81. The van der Waals surface area contributed by atoms with Gasteiger partial charge in [0.2, 0.25) is 0 Å². The third-order valence-corrected chi connectivity index (χ3v) is 10.8. The van der Waals surface area contributed by atoms with Crippen molar-refractivity contribution in [1.29, 1.82) is 0 Å². The molecule has 8 nitrogen and oxygen atoms in total. The first-order valence-electron chi connectivity index (χ1n) is 14.5. The van der Waals surface area contributed by atoms with E-state index in [-0.39, 0.29) is 23.0 Å². The highest BCUT2D eigenvalue weighted by atomic mass is 79.9. The van der Waals surface area contributed by atoms with Crippen LogP contribution < -0.4 is 11.5 Å². The van der Waals surface area contributed by atoms with Crippen LogP contribution in [-0.4, -0.2) is 43.2 Å². The van der Waals surface area contributed by atoms with Crippen LogP contribution in [0.2, 0.25) is 0 Å². The van der Waals surface area contributed by atoms with Crippen LogP contribution in [0, 0.1) is 23.5 Å². The van der Waals surface area contributed by atoms with Crippen LogP contribution in [-0.2, 0) is 25.7 Å². The number of amides is 2. The summed E-state index contributed by atoms with van der Waals surface area (Å²) in [5, 5.41) is 21.8. The minimum atomic E-state index is -0.774. The van der Waals surface area contributed by atoms with Gasteiger partial charge in [-0.25, -0.2) is 8.78 Å². The van der Waals surface area contributed by atoms with Crippen molar-refractivity contribution in [3.63, 3.8) is 0 Å². The second kappa shape index (κ2) is 11.5. The first kappa shape index (κ1) is 32.6. The van der Waals surface area contributed by atoms with Gasteiger partial charge in [-0.1, -0.05) is 0 Å². The minimum Gasteiger partial charge on any atom is -0.390 e. The monoisotopic (exact) mass is 736 g/mol. The molecule has 0 aliphatic heterocycles. The summed E-state index contributed by atoms with van der Waals surface area (Å²) in [6.07, 6.45) is 4.42. The van der Waals surface area contributed by atoms with E-state index in [1.54, 1.807) is 27.7 Å². The smallest absolute Gasteiger partial charge is 0.250 e. The van der Waals surface area contributed by atoms with E-state index in [1.165, 1.54) is 0 Å². The van der Waals surface area contributed by atoms with Crippen molar-refractivity contribution < 1.29 is 28.6 Å². The number of nitrogens with two attached hydrogens (primary N) is 2. The average molecular weight is 738 g/mol. The molecule has 0 fully saturated rings. The fraction of sp³-hybridized carbons (Fsp3) is 0.438. The molecule has 8 N–H and O–H groups in total. The number of rotatable bonds is 4. The zero-order valence-corrected chi connectivity index (χ0v) is 28.1. The molecule has 6 rings (SSSR count). The summed E-state index contributed by atoms with van der Waals surface area (Å²) >= 11 is 6.56. The normalized spacial score (nSPS) is 18.5. The van der Waals surface area contributed by atoms with E-state index in [0.717, 1.165) is 60.3 Å². The number of nitrogens with one attached hydrogen (secondary N) is 2. The Morgan fingerprint density at radius 2 is 1.11 bits per heavy atom. The van der Waals surface area contributed by atoms with Crippen LogP contribution >= 0.6 is 31.9 Å². The number of hydrogen-bond acceptors (Lipinski definition) is 4. The second-order valence-corrected chi connectivity index (χ2v) is 14.6. The Bertz CT molecular complexity index is 1690. The van der Waals surface area contributed by atoms with Crippen LogP contribution in [0.15, 0.2) is 21.1 Å². The van der Waals surface area contributed by atoms with Crippen LogP contribution in [0.5, 0.6) is 0 Å². The number of carbonyl (C=O) groups excluding carboxylic acids is 2. The van der Waals surface area contributed by atoms with Gasteiger partial charge >= 0.3 is 0 Å². The molecule has 0 spiro atoms. The van der Waals surface area contributed by atoms with Crippen molar-refractivity contribution in [2.75, 3.05) is 0 Å². The van der Waals surface area contributed by atoms with Gasteiger partial charge in [0, 0.05) is 22.2 Å². The van der Waals surface area contributed by atoms with Gasteiger partial charge in [0.05, 0.1) is 42.3 Å². The second-order valence-electron chi connectivity index (χ2n) is 13.0. The highest BCUT2D eigenvalue weighted by molar-refractivity contribution is 9.11. The summed E-state index contributed by atoms with van der Waals surface area (Å²) < 4.78 is 28.9. The van der Waals surface area contributed by atoms with Crippen LogP contribution in [0.25, 0.3) is 21.8 Å². The van der Waals surface area contributed by atoms with Gasteiger partial charge in [-0.15, -0.1) is 0 Å². The molecule has 44 heavy (non-hydrogen) atoms. The van der Waals surface area contributed by atoms with Crippen molar-refractivity contribution in [1.82, 2.24) is 9.97 Å². The summed E-state index contributed by atoms with van der Waals surface area (Å²) in [7, 11) is 0. The molecule has 2 heterocycles. The molecule has 2 aliphatic rings. The van der Waals surface area contributed by atoms with Crippen molar-refractivity contribution in [2.45, 2.75) is 77.4 Å². The summed E-state index contributed by atoms with van der Waals surface area (Å²) in [5.41, 5.74) is 14.6. The largest absolute Gasteiger partial charge is 0.390 e. The number of carbonyl (C=O) groups is 2. The van der Waals surface area contributed by atoms with Crippen LogP contribution in [0.1, 0.15) is 83.8 Å². The predicted molar refractivity (Wildman–Crippen MR) is 173 cm³/mol. The molecule has 2 aliphatic carbocycles. The van der Waals surface area contributed by atoms with Crippen LogP contribution in [0.3, 0.4) is 0 Å². The van der Waals surface area contributed by atoms with Crippen molar-refractivity contribution in [3.05, 3.63) is 66.4 Å². The summed E-state index contributed by atoms with van der Waals surface area (Å²) in [6.45, 7) is 7.21. The Morgan fingerprint density at radius 1 is 0.773 bits per heavy atom. The Kier molecular flexibility index (Phi) is 8.54. The highest BCUT2D eigenvalue weighted by Crippen LogP contribution is 2.42. The topological polar surface area (TPSA) is 158 Å². The standard InChI is InChI=1S/2C16H18BrFN2O2/c2*1-16(2,22)7-3-4-8-11(5-7)20-14-9(15(19)21)6-10(18)13(17)12(8)14/h2*6-7,20,22H,3-5H2,1-2H3,(H2,19,21)/t2*7-/m10/s1. The zero-order chi connectivity index (χ0) is 32.5. The number of benzene rings is 2. The minimum absolute atomic E-state index is 0.119. The van der Waals surface area contributed by atoms with Gasteiger partial charge in [0.15, 0.2) is 0 Å². The SMILES string of the molecule is CC(C)(O)[C@@H]1CCc2c([nH]c3c(C(N)=O)cc(F)c(Br)c23)C1.CC(C)(O)[C@H]1CCc2c([nH]c3c(C(N)=O)cc(F)c(Br)c23)C1. The Morgan fingerprint density at radius 3 is 1.41 bits per heavy atom. The molecule has 0 radical (unpaired) electrons. The maximum absolute atomic E-state index is 14.1. The van der Waals surface area contributed by atoms with Crippen LogP contribution in [0.4, 0.5) is 8.78 Å². The van der Waals surface area contributed by atoms with Crippen molar-refractivity contribution in [2.24, 2.45) is 23.3 Å². The molecule has 4 aromatic rings. The quantitative estimate of drug-likeness (QED) is 0.150. The predicted octanol–water partition coefficient (Wildman–Crippen LogP) is 6.09. The number of aliphatic hydroxyl groups is 2. The number of aryl methyl sites for hydroxylation is 2. The molecule has 0 unspecified atom stereocenters. The zero-order valence-electron chi connectivity index (χ0n) is 24.9. The summed E-state index contributed by atoms with van der Waals surface area (Å²) in [4.78, 5) is 29.6. The molecule has 0 bridgehead atoms. The fourth-order valence-electron chi connectivity index (χ4n) is 6.66. The maximum atomic E-state index is 14.1. The fourth-order valence-corrected chi connectivity index (χ4v) is 7.77. The molecular formula is C32H36Br2F2N4O4. The number of halogens is 4. The number of aromatic nitrogens is 2. The Balaban J connectivity index is 0.000000175. The molecule has 0 saturated carbocycles. The summed E-state index contributed by atoms with van der Waals surface area (Å²) in [6, 6.07) is 2.31. The summed E-state index contributed by atoms with van der Waals surface area (Å²) in [5.74, 6) is -2.06. The molecule has 12 heteroatoms. The molecule has 2 atom stereocenters. The molecular weight excluding hydrogens is 702 g/mol. The van der Waals surface area contributed by atoms with Gasteiger partial charge in [-0.05, 0) is 133 Å². The molecule has 2 aromatic carbocycles.